The standard InChI is InChI=1S/C31H54O/c1-3-5-7-9-11-13-15-17-19-21-23-29-25-30(27-31(26-29)28-32)24-22-20-18-16-14-12-10-8-6-4-2/h25-28H,3-24H2,1-2H3. The maximum Gasteiger partial charge on any atom is 0.150 e. The molecule has 0 aliphatic carbocycles. The molecule has 0 aliphatic rings. The molecule has 184 valence electrons. The number of aldehydes is 1. The van der Waals surface area contributed by atoms with Crippen LogP contribution >= 0.6 is 0 Å². The molecular formula is C31H54O. The molecule has 1 aromatic carbocycles. The monoisotopic (exact) mass is 442 g/mol. The van der Waals surface area contributed by atoms with Gasteiger partial charge in [0.25, 0.3) is 0 Å². The van der Waals surface area contributed by atoms with Crippen molar-refractivity contribution in [1.82, 2.24) is 0 Å². The van der Waals surface area contributed by atoms with Crippen molar-refractivity contribution >= 4 is 6.29 Å². The van der Waals surface area contributed by atoms with Crippen LogP contribution in [0.3, 0.4) is 0 Å². The third kappa shape index (κ3) is 16.5. The topological polar surface area (TPSA) is 17.1 Å². The molecule has 0 heterocycles. The summed E-state index contributed by atoms with van der Waals surface area (Å²) in [6, 6.07) is 6.60. The van der Waals surface area contributed by atoms with Crippen molar-refractivity contribution in [1.29, 1.82) is 0 Å². The van der Waals surface area contributed by atoms with E-state index in [2.05, 4.69) is 32.0 Å². The fourth-order valence-electron chi connectivity index (χ4n) is 4.78. The molecule has 0 fully saturated rings. The highest BCUT2D eigenvalue weighted by Crippen LogP contribution is 2.17. The molecule has 0 aliphatic heterocycles. The average Bonchev–Trinajstić information content (AvgIpc) is 2.81. The highest BCUT2D eigenvalue weighted by Gasteiger charge is 2.03. The molecule has 0 radical (unpaired) electrons. The van der Waals surface area contributed by atoms with Crippen molar-refractivity contribution in [3.63, 3.8) is 0 Å². The molecule has 0 atom stereocenters. The Balaban J connectivity index is 2.14. The summed E-state index contributed by atoms with van der Waals surface area (Å²) in [6.45, 7) is 4.57. The van der Waals surface area contributed by atoms with E-state index in [4.69, 9.17) is 0 Å². The number of hydrogen-bond donors (Lipinski definition) is 0. The summed E-state index contributed by atoms with van der Waals surface area (Å²) in [7, 11) is 0. The summed E-state index contributed by atoms with van der Waals surface area (Å²) in [5.74, 6) is 0. The Morgan fingerprint density at radius 2 is 0.781 bits per heavy atom. The first kappa shape index (κ1) is 28.9. The van der Waals surface area contributed by atoms with Gasteiger partial charge in [-0.1, -0.05) is 135 Å². The smallest absolute Gasteiger partial charge is 0.150 e. The van der Waals surface area contributed by atoms with Gasteiger partial charge in [-0.25, -0.2) is 0 Å². The summed E-state index contributed by atoms with van der Waals surface area (Å²) in [5, 5.41) is 0. The number of aryl methyl sites for hydroxylation is 2. The van der Waals surface area contributed by atoms with Gasteiger partial charge in [0.2, 0.25) is 0 Å². The first-order chi connectivity index (χ1) is 15.8. The molecule has 32 heavy (non-hydrogen) atoms. The molecule has 0 spiro atoms. The molecule has 1 rings (SSSR count). The predicted molar refractivity (Wildman–Crippen MR) is 143 cm³/mol. The SMILES string of the molecule is CCCCCCCCCCCCc1cc(C=O)cc(CCCCCCCCCCCC)c1. The summed E-state index contributed by atoms with van der Waals surface area (Å²) in [5.41, 5.74) is 3.61. The molecule has 0 aromatic heterocycles. The zero-order valence-electron chi connectivity index (χ0n) is 21.8. The van der Waals surface area contributed by atoms with Crippen LogP contribution in [0.1, 0.15) is 164 Å². The third-order valence-corrected chi connectivity index (χ3v) is 6.85. The van der Waals surface area contributed by atoms with Crippen LogP contribution in [0.15, 0.2) is 18.2 Å². The van der Waals surface area contributed by atoms with Crippen molar-refractivity contribution in [3.8, 4) is 0 Å². The number of carbonyl (C=O) groups is 1. The minimum absolute atomic E-state index is 0.872. The van der Waals surface area contributed by atoms with Crippen LogP contribution < -0.4 is 0 Å². The van der Waals surface area contributed by atoms with Crippen LogP contribution in [-0.2, 0) is 12.8 Å². The van der Waals surface area contributed by atoms with E-state index in [1.807, 2.05) is 0 Å². The minimum Gasteiger partial charge on any atom is -0.298 e. The van der Waals surface area contributed by atoms with Gasteiger partial charge in [0, 0.05) is 5.56 Å². The maximum atomic E-state index is 11.4. The van der Waals surface area contributed by atoms with E-state index in [0.717, 1.165) is 24.7 Å². The van der Waals surface area contributed by atoms with Gasteiger partial charge in [-0.15, -0.1) is 0 Å². The van der Waals surface area contributed by atoms with Crippen LogP contribution in [-0.4, -0.2) is 6.29 Å². The van der Waals surface area contributed by atoms with Gasteiger partial charge >= 0.3 is 0 Å². The van der Waals surface area contributed by atoms with Gasteiger partial charge in [-0.3, -0.25) is 4.79 Å². The van der Waals surface area contributed by atoms with Crippen molar-refractivity contribution < 1.29 is 4.79 Å². The second-order valence-corrected chi connectivity index (χ2v) is 10.1. The predicted octanol–water partition coefficient (Wildman–Crippen LogP) is 10.4. The van der Waals surface area contributed by atoms with Crippen LogP contribution in [0.25, 0.3) is 0 Å². The van der Waals surface area contributed by atoms with E-state index < -0.39 is 0 Å². The zero-order valence-corrected chi connectivity index (χ0v) is 21.8. The van der Waals surface area contributed by atoms with Crippen molar-refractivity contribution in [3.05, 3.63) is 34.9 Å². The first-order valence-electron chi connectivity index (χ1n) is 14.4. The van der Waals surface area contributed by atoms with Crippen molar-refractivity contribution in [2.45, 2.75) is 155 Å². The first-order valence-corrected chi connectivity index (χ1v) is 14.4. The second-order valence-electron chi connectivity index (χ2n) is 10.1. The quantitative estimate of drug-likeness (QED) is 0.122. The Morgan fingerprint density at radius 3 is 1.09 bits per heavy atom. The Bertz CT molecular complexity index is 505. The normalized spacial score (nSPS) is 11.2. The summed E-state index contributed by atoms with van der Waals surface area (Å²) in [4.78, 5) is 11.4. The number of carbonyl (C=O) groups excluding carboxylic acids is 1. The molecule has 0 unspecified atom stereocenters. The number of hydrogen-bond acceptors (Lipinski definition) is 1. The molecule has 0 saturated carbocycles. The lowest BCUT2D eigenvalue weighted by molar-refractivity contribution is 0.112. The van der Waals surface area contributed by atoms with E-state index in [1.165, 1.54) is 140 Å². The Labute approximate surface area is 201 Å². The average molecular weight is 443 g/mol. The van der Waals surface area contributed by atoms with Gasteiger partial charge in [-0.2, -0.15) is 0 Å². The summed E-state index contributed by atoms with van der Waals surface area (Å²) in [6.07, 6.45) is 30.8. The molecule has 0 amide bonds. The summed E-state index contributed by atoms with van der Waals surface area (Å²) >= 11 is 0. The minimum atomic E-state index is 0.872. The van der Waals surface area contributed by atoms with Gasteiger partial charge in [0.15, 0.2) is 0 Å². The number of benzene rings is 1. The van der Waals surface area contributed by atoms with Gasteiger partial charge in [-0.05, 0) is 48.9 Å². The zero-order chi connectivity index (χ0) is 23.1. The molecule has 0 bridgehead atoms. The van der Waals surface area contributed by atoms with Gasteiger partial charge in [0.05, 0.1) is 0 Å². The van der Waals surface area contributed by atoms with E-state index >= 15 is 0 Å². The van der Waals surface area contributed by atoms with E-state index in [0.29, 0.717) is 0 Å². The van der Waals surface area contributed by atoms with E-state index in [-0.39, 0.29) is 0 Å². The Hall–Kier alpha value is -1.11. The number of unbranched alkanes of at least 4 members (excludes halogenated alkanes) is 18. The molecule has 0 N–H and O–H groups in total. The second kappa shape index (κ2) is 21.7. The fourth-order valence-corrected chi connectivity index (χ4v) is 4.78. The lowest BCUT2D eigenvalue weighted by Crippen LogP contribution is -1.95. The van der Waals surface area contributed by atoms with E-state index in [9.17, 15) is 4.79 Å². The Kier molecular flexibility index (Phi) is 19.6. The van der Waals surface area contributed by atoms with E-state index in [1.54, 1.807) is 0 Å². The lowest BCUT2D eigenvalue weighted by Gasteiger charge is -2.08. The van der Waals surface area contributed by atoms with Crippen LogP contribution in [0.2, 0.25) is 0 Å². The van der Waals surface area contributed by atoms with Crippen LogP contribution in [0.5, 0.6) is 0 Å². The van der Waals surface area contributed by atoms with Crippen molar-refractivity contribution in [2.24, 2.45) is 0 Å². The maximum absolute atomic E-state index is 11.4. The van der Waals surface area contributed by atoms with Gasteiger partial charge < -0.3 is 0 Å². The van der Waals surface area contributed by atoms with Gasteiger partial charge in [0.1, 0.15) is 6.29 Å². The Morgan fingerprint density at radius 1 is 0.469 bits per heavy atom. The molecule has 1 nitrogen and oxygen atoms in total. The lowest BCUT2D eigenvalue weighted by atomic mass is 9.97. The molecule has 0 saturated heterocycles. The number of rotatable bonds is 23. The third-order valence-electron chi connectivity index (χ3n) is 6.85. The highest BCUT2D eigenvalue weighted by molar-refractivity contribution is 5.75. The van der Waals surface area contributed by atoms with Crippen molar-refractivity contribution in [2.75, 3.05) is 0 Å². The highest BCUT2D eigenvalue weighted by atomic mass is 16.1. The van der Waals surface area contributed by atoms with Crippen LogP contribution in [0.4, 0.5) is 0 Å². The largest absolute Gasteiger partial charge is 0.298 e. The molecule has 1 aromatic rings. The summed E-state index contributed by atoms with van der Waals surface area (Å²) < 4.78 is 0. The fraction of sp³-hybridized carbons (Fsp3) is 0.774. The van der Waals surface area contributed by atoms with Crippen LogP contribution in [0, 0.1) is 0 Å². The molecule has 1 heteroatoms. The molecular weight excluding hydrogens is 388 g/mol.